The molecule has 1 aromatic rings. The summed E-state index contributed by atoms with van der Waals surface area (Å²) in [7, 11) is -3.71. The third-order valence-electron chi connectivity index (χ3n) is 3.52. The molecule has 20 heavy (non-hydrogen) atoms. The van der Waals surface area contributed by atoms with Crippen LogP contribution in [0.1, 0.15) is 30.9 Å². The molecule has 0 spiro atoms. The molecule has 1 heterocycles. The van der Waals surface area contributed by atoms with Gasteiger partial charge in [-0.05, 0) is 18.9 Å². The summed E-state index contributed by atoms with van der Waals surface area (Å²) in [5.74, 6) is -0.123. The van der Waals surface area contributed by atoms with Crippen molar-refractivity contribution in [1.82, 2.24) is 9.44 Å². The predicted octanol–water partition coefficient (Wildman–Crippen LogP) is 0.878. The van der Waals surface area contributed by atoms with E-state index in [0.29, 0.717) is 36.1 Å². The molecule has 1 unspecified atom stereocenters. The van der Waals surface area contributed by atoms with Crippen LogP contribution < -0.4 is 9.44 Å². The Morgan fingerprint density at radius 2 is 1.95 bits per heavy atom. The minimum Gasteiger partial charge on any atom is -0.508 e. The average Bonchev–Trinajstić information content (AvgIpc) is 2.37. The number of nitrogens with one attached hydrogen (secondary N) is 2. The number of aromatic hydroxyl groups is 1. The number of benzene rings is 1. The second-order valence-electron chi connectivity index (χ2n) is 4.88. The third kappa shape index (κ3) is 2.19. The van der Waals surface area contributed by atoms with E-state index in [-0.39, 0.29) is 11.5 Å². The molecule has 1 aliphatic carbocycles. The lowest BCUT2D eigenvalue weighted by Gasteiger charge is -2.32. The van der Waals surface area contributed by atoms with Gasteiger partial charge in [0.15, 0.2) is 5.78 Å². The molecule has 7 heteroatoms. The number of carbonyl (C=O) groups is 1. The molecule has 6 nitrogen and oxygen atoms in total. The van der Waals surface area contributed by atoms with Crippen LogP contribution in [0.3, 0.4) is 0 Å². The molecule has 0 aromatic heterocycles. The number of phenols is 1. The van der Waals surface area contributed by atoms with Crippen molar-refractivity contribution in [2.45, 2.75) is 25.3 Å². The molecule has 0 amide bonds. The van der Waals surface area contributed by atoms with Crippen molar-refractivity contribution in [3.8, 4) is 5.75 Å². The Bertz CT molecular complexity index is 709. The minimum absolute atomic E-state index is 0.0349. The highest BCUT2D eigenvalue weighted by atomic mass is 32.2. The third-order valence-corrected chi connectivity index (χ3v) is 4.58. The van der Waals surface area contributed by atoms with Gasteiger partial charge in [-0.2, -0.15) is 13.1 Å². The van der Waals surface area contributed by atoms with Gasteiger partial charge in [0.2, 0.25) is 0 Å². The van der Waals surface area contributed by atoms with Crippen molar-refractivity contribution >= 4 is 16.0 Å². The maximum atomic E-state index is 12.1. The van der Waals surface area contributed by atoms with Crippen molar-refractivity contribution in [1.29, 1.82) is 0 Å². The number of hydrogen-bond donors (Lipinski definition) is 3. The van der Waals surface area contributed by atoms with E-state index in [2.05, 4.69) is 9.44 Å². The maximum Gasteiger partial charge on any atom is 0.299 e. The highest BCUT2D eigenvalue weighted by Crippen LogP contribution is 2.37. The molecule has 1 aromatic carbocycles. The fraction of sp³-hybridized carbons (Fsp3) is 0.308. The SMILES string of the molecule is O=C1CCCC2=C1C(c1ccccc1O)NS(=O)(=O)N2. The van der Waals surface area contributed by atoms with E-state index in [4.69, 9.17) is 0 Å². The first-order valence-corrected chi connectivity index (χ1v) is 7.80. The lowest BCUT2D eigenvalue weighted by molar-refractivity contribution is -0.116. The van der Waals surface area contributed by atoms with Gasteiger partial charge in [0.1, 0.15) is 5.75 Å². The Kier molecular flexibility index (Phi) is 3.02. The van der Waals surface area contributed by atoms with E-state index in [1.807, 2.05) is 0 Å². The molecule has 0 bridgehead atoms. The molecule has 3 N–H and O–H groups in total. The zero-order valence-corrected chi connectivity index (χ0v) is 11.4. The Morgan fingerprint density at radius 3 is 2.70 bits per heavy atom. The molecule has 106 valence electrons. The number of Topliss-reactive ketones (excluding diaryl/α,β-unsaturated/α-hetero) is 1. The summed E-state index contributed by atoms with van der Waals surface area (Å²) in [5.41, 5.74) is 1.24. The van der Waals surface area contributed by atoms with Gasteiger partial charge in [-0.15, -0.1) is 0 Å². The summed E-state index contributed by atoms with van der Waals surface area (Å²) < 4.78 is 28.5. The Labute approximate surface area is 116 Å². The Morgan fingerprint density at radius 1 is 1.20 bits per heavy atom. The van der Waals surface area contributed by atoms with Gasteiger partial charge >= 0.3 is 0 Å². The molecule has 0 radical (unpaired) electrons. The summed E-state index contributed by atoms with van der Waals surface area (Å²) in [6.07, 6.45) is 1.55. The van der Waals surface area contributed by atoms with Crippen molar-refractivity contribution in [3.05, 3.63) is 41.1 Å². The van der Waals surface area contributed by atoms with Crippen LogP contribution >= 0.6 is 0 Å². The van der Waals surface area contributed by atoms with Gasteiger partial charge in [-0.3, -0.25) is 9.52 Å². The molecule has 2 aliphatic rings. The van der Waals surface area contributed by atoms with E-state index in [9.17, 15) is 18.3 Å². The van der Waals surface area contributed by atoms with Crippen LogP contribution in [0.15, 0.2) is 35.5 Å². The zero-order chi connectivity index (χ0) is 14.3. The molecular weight excluding hydrogens is 280 g/mol. The molecule has 1 atom stereocenters. The van der Waals surface area contributed by atoms with Crippen LogP contribution in [-0.4, -0.2) is 19.3 Å². The van der Waals surface area contributed by atoms with Crippen molar-refractivity contribution in [3.63, 3.8) is 0 Å². The lowest BCUT2D eigenvalue weighted by Crippen LogP contribution is -2.47. The summed E-state index contributed by atoms with van der Waals surface area (Å²) in [4.78, 5) is 12.1. The number of rotatable bonds is 1. The number of para-hydroxylation sites is 1. The number of allylic oxidation sites excluding steroid dienone is 1. The fourth-order valence-corrected chi connectivity index (χ4v) is 3.81. The van der Waals surface area contributed by atoms with Crippen LogP contribution in [0.4, 0.5) is 0 Å². The largest absolute Gasteiger partial charge is 0.508 e. The topological polar surface area (TPSA) is 95.5 Å². The van der Waals surface area contributed by atoms with E-state index >= 15 is 0 Å². The molecular formula is C13H14N2O4S. The summed E-state index contributed by atoms with van der Waals surface area (Å²) in [5, 5.41) is 9.92. The second-order valence-corrected chi connectivity index (χ2v) is 6.33. The van der Waals surface area contributed by atoms with Crippen LogP contribution in [0.5, 0.6) is 5.75 Å². The smallest absolute Gasteiger partial charge is 0.299 e. The number of hydrogen-bond acceptors (Lipinski definition) is 4. The Hall–Kier alpha value is -1.86. The van der Waals surface area contributed by atoms with Gasteiger partial charge in [0.25, 0.3) is 10.2 Å². The highest BCUT2D eigenvalue weighted by Gasteiger charge is 2.37. The fourth-order valence-electron chi connectivity index (χ4n) is 2.66. The first-order valence-electron chi connectivity index (χ1n) is 6.32. The van der Waals surface area contributed by atoms with Crippen LogP contribution in [0, 0.1) is 0 Å². The van der Waals surface area contributed by atoms with E-state index in [1.54, 1.807) is 18.2 Å². The van der Waals surface area contributed by atoms with E-state index < -0.39 is 16.3 Å². The van der Waals surface area contributed by atoms with Crippen molar-refractivity contribution in [2.75, 3.05) is 0 Å². The van der Waals surface area contributed by atoms with E-state index in [1.165, 1.54) is 6.07 Å². The zero-order valence-electron chi connectivity index (χ0n) is 10.6. The minimum atomic E-state index is -3.71. The van der Waals surface area contributed by atoms with Gasteiger partial charge < -0.3 is 5.11 Å². The van der Waals surface area contributed by atoms with E-state index in [0.717, 1.165) is 0 Å². The monoisotopic (exact) mass is 294 g/mol. The normalized spacial score (nSPS) is 25.0. The van der Waals surface area contributed by atoms with Crippen LogP contribution in [0.25, 0.3) is 0 Å². The average molecular weight is 294 g/mol. The van der Waals surface area contributed by atoms with Gasteiger partial charge in [-0.1, -0.05) is 18.2 Å². The van der Waals surface area contributed by atoms with Gasteiger partial charge in [-0.25, -0.2) is 0 Å². The highest BCUT2D eigenvalue weighted by molar-refractivity contribution is 7.87. The molecule has 0 fully saturated rings. The molecule has 3 rings (SSSR count). The molecule has 1 aliphatic heterocycles. The second kappa shape index (κ2) is 4.60. The quantitative estimate of drug-likeness (QED) is 0.716. The first kappa shape index (κ1) is 13.1. The number of carbonyl (C=O) groups excluding carboxylic acids is 1. The van der Waals surface area contributed by atoms with Crippen LogP contribution in [0.2, 0.25) is 0 Å². The number of phenolic OH excluding ortho intramolecular Hbond substituents is 1. The molecule has 0 saturated carbocycles. The standard InChI is InChI=1S/C13H14N2O4S/c16-10-6-2-1-4-8(10)13-12-9(5-3-7-11(12)17)14-20(18,19)15-13/h1-2,4,6,13-16H,3,5,7H2. The maximum absolute atomic E-state index is 12.1. The molecule has 0 saturated heterocycles. The predicted molar refractivity (Wildman–Crippen MR) is 71.9 cm³/mol. The number of ketones is 1. The lowest BCUT2D eigenvalue weighted by atomic mass is 9.87. The first-order chi connectivity index (χ1) is 9.48. The van der Waals surface area contributed by atoms with Gasteiger partial charge in [0.05, 0.1) is 6.04 Å². The van der Waals surface area contributed by atoms with Crippen molar-refractivity contribution in [2.24, 2.45) is 0 Å². The summed E-state index contributed by atoms with van der Waals surface area (Å²) in [6, 6.07) is 5.59. The van der Waals surface area contributed by atoms with Crippen LogP contribution in [-0.2, 0) is 15.0 Å². The Balaban J connectivity index is 2.17. The summed E-state index contributed by atoms with van der Waals surface area (Å²) in [6.45, 7) is 0. The summed E-state index contributed by atoms with van der Waals surface area (Å²) >= 11 is 0. The van der Waals surface area contributed by atoms with Crippen molar-refractivity contribution < 1.29 is 18.3 Å². The van der Waals surface area contributed by atoms with Gasteiger partial charge in [0, 0.05) is 23.3 Å².